The number of hydrogen-bond acceptors (Lipinski definition) is 5. The SMILES string of the molecule is NC(=O)COC(=O)c1ccccc1Sc1ccc(Br)cn1. The molecule has 2 rings (SSSR count). The van der Waals surface area contributed by atoms with Gasteiger partial charge in [0.25, 0.3) is 5.91 Å². The maximum Gasteiger partial charge on any atom is 0.339 e. The Bertz CT molecular complexity index is 662. The number of carbonyl (C=O) groups excluding carboxylic acids is 2. The number of esters is 1. The van der Waals surface area contributed by atoms with E-state index in [9.17, 15) is 9.59 Å². The van der Waals surface area contributed by atoms with Gasteiger partial charge in [0.2, 0.25) is 0 Å². The van der Waals surface area contributed by atoms with E-state index in [1.165, 1.54) is 11.8 Å². The van der Waals surface area contributed by atoms with E-state index in [4.69, 9.17) is 10.5 Å². The molecule has 2 aromatic rings. The van der Waals surface area contributed by atoms with Crippen molar-refractivity contribution in [1.82, 2.24) is 4.98 Å². The van der Waals surface area contributed by atoms with Gasteiger partial charge in [-0.1, -0.05) is 23.9 Å². The van der Waals surface area contributed by atoms with Crippen molar-refractivity contribution >= 4 is 39.6 Å². The molecule has 0 aliphatic heterocycles. The predicted molar refractivity (Wildman–Crippen MR) is 82.0 cm³/mol. The molecule has 0 aliphatic carbocycles. The van der Waals surface area contributed by atoms with Crippen molar-refractivity contribution in [2.45, 2.75) is 9.92 Å². The first-order chi connectivity index (χ1) is 10.1. The summed E-state index contributed by atoms with van der Waals surface area (Å²) in [5, 5.41) is 0.744. The quantitative estimate of drug-likeness (QED) is 0.822. The lowest BCUT2D eigenvalue weighted by Crippen LogP contribution is -2.21. The minimum atomic E-state index is -0.692. The van der Waals surface area contributed by atoms with Crippen LogP contribution in [0.1, 0.15) is 10.4 Å². The number of primary amides is 1. The number of nitrogens with two attached hydrogens (primary N) is 1. The van der Waals surface area contributed by atoms with Gasteiger partial charge in [0.1, 0.15) is 5.03 Å². The van der Waals surface area contributed by atoms with Gasteiger partial charge < -0.3 is 10.5 Å². The van der Waals surface area contributed by atoms with Crippen LogP contribution in [0.3, 0.4) is 0 Å². The number of carbonyl (C=O) groups is 2. The van der Waals surface area contributed by atoms with Crippen LogP contribution in [0, 0.1) is 0 Å². The molecular weight excluding hydrogens is 356 g/mol. The third kappa shape index (κ3) is 4.57. The Labute approximate surface area is 134 Å². The number of amides is 1. The van der Waals surface area contributed by atoms with Crippen LogP contribution in [0.2, 0.25) is 0 Å². The molecule has 7 heteroatoms. The molecule has 1 aromatic heterocycles. The average molecular weight is 367 g/mol. The highest BCUT2D eigenvalue weighted by Crippen LogP contribution is 2.29. The van der Waals surface area contributed by atoms with E-state index >= 15 is 0 Å². The molecule has 0 radical (unpaired) electrons. The Morgan fingerprint density at radius 1 is 1.24 bits per heavy atom. The van der Waals surface area contributed by atoms with E-state index in [-0.39, 0.29) is 0 Å². The average Bonchev–Trinajstić information content (AvgIpc) is 2.48. The zero-order valence-corrected chi connectivity index (χ0v) is 13.2. The van der Waals surface area contributed by atoms with Crippen LogP contribution in [0.4, 0.5) is 0 Å². The fourth-order valence-corrected chi connectivity index (χ4v) is 2.58. The summed E-state index contributed by atoms with van der Waals surface area (Å²) in [6.45, 7) is -0.436. The van der Waals surface area contributed by atoms with Gasteiger partial charge in [-0.3, -0.25) is 4.79 Å². The van der Waals surface area contributed by atoms with Crippen LogP contribution in [-0.2, 0) is 9.53 Å². The maximum absolute atomic E-state index is 11.9. The van der Waals surface area contributed by atoms with Crippen molar-refractivity contribution in [3.63, 3.8) is 0 Å². The monoisotopic (exact) mass is 366 g/mol. The summed E-state index contributed by atoms with van der Waals surface area (Å²) < 4.78 is 5.71. The highest BCUT2D eigenvalue weighted by atomic mass is 79.9. The largest absolute Gasteiger partial charge is 0.452 e. The second-order valence-corrected chi connectivity index (χ2v) is 5.93. The number of hydrogen-bond donors (Lipinski definition) is 1. The van der Waals surface area contributed by atoms with Crippen LogP contribution < -0.4 is 5.73 Å². The molecule has 2 N–H and O–H groups in total. The van der Waals surface area contributed by atoms with Crippen LogP contribution in [-0.4, -0.2) is 23.5 Å². The summed E-state index contributed by atoms with van der Waals surface area (Å²) in [5.74, 6) is -1.28. The minimum absolute atomic E-state index is 0.369. The first-order valence-corrected chi connectivity index (χ1v) is 7.51. The van der Waals surface area contributed by atoms with Crippen molar-refractivity contribution in [3.8, 4) is 0 Å². The standard InChI is InChI=1S/C14H11BrN2O3S/c15-9-5-6-13(17-7-9)21-11-4-2-1-3-10(11)14(19)20-8-12(16)18/h1-7H,8H2,(H2,16,18). The van der Waals surface area contributed by atoms with Crippen LogP contribution in [0.5, 0.6) is 0 Å². The molecule has 0 fully saturated rings. The molecule has 108 valence electrons. The van der Waals surface area contributed by atoms with E-state index in [1.54, 1.807) is 24.4 Å². The molecular formula is C14H11BrN2O3S. The van der Waals surface area contributed by atoms with Gasteiger partial charge in [-0.2, -0.15) is 0 Å². The lowest BCUT2D eigenvalue weighted by Gasteiger charge is -2.08. The van der Waals surface area contributed by atoms with Crippen molar-refractivity contribution in [3.05, 3.63) is 52.6 Å². The van der Waals surface area contributed by atoms with E-state index in [0.29, 0.717) is 10.5 Å². The second kappa shape index (κ2) is 7.24. The number of ether oxygens (including phenoxy) is 1. The van der Waals surface area contributed by atoms with Crippen LogP contribution in [0.25, 0.3) is 0 Å². The lowest BCUT2D eigenvalue weighted by molar-refractivity contribution is -0.121. The van der Waals surface area contributed by atoms with Crippen molar-refractivity contribution in [2.75, 3.05) is 6.61 Å². The molecule has 0 saturated carbocycles. The molecule has 0 saturated heterocycles. The van der Waals surface area contributed by atoms with Gasteiger partial charge in [0.05, 0.1) is 5.56 Å². The summed E-state index contributed by atoms with van der Waals surface area (Å²) in [7, 11) is 0. The summed E-state index contributed by atoms with van der Waals surface area (Å²) >= 11 is 4.65. The normalized spacial score (nSPS) is 10.1. The molecule has 0 bridgehead atoms. The predicted octanol–water partition coefficient (Wildman–Crippen LogP) is 2.64. The van der Waals surface area contributed by atoms with E-state index in [0.717, 1.165) is 9.50 Å². The molecule has 0 aliphatic rings. The fourth-order valence-electron chi connectivity index (χ4n) is 1.47. The number of benzene rings is 1. The van der Waals surface area contributed by atoms with Crippen molar-refractivity contribution in [2.24, 2.45) is 5.73 Å². The Morgan fingerprint density at radius 3 is 2.67 bits per heavy atom. The molecule has 5 nitrogen and oxygen atoms in total. The Balaban J connectivity index is 2.18. The molecule has 0 atom stereocenters. The molecule has 1 amide bonds. The van der Waals surface area contributed by atoms with Gasteiger partial charge >= 0.3 is 5.97 Å². The van der Waals surface area contributed by atoms with Crippen LogP contribution in [0.15, 0.2) is 57.0 Å². The Kier molecular flexibility index (Phi) is 5.35. The van der Waals surface area contributed by atoms with Gasteiger partial charge in [-0.05, 0) is 40.2 Å². The summed E-state index contributed by atoms with van der Waals surface area (Å²) in [6.07, 6.45) is 1.68. The van der Waals surface area contributed by atoms with Crippen molar-refractivity contribution in [1.29, 1.82) is 0 Å². The fraction of sp³-hybridized carbons (Fsp3) is 0.0714. The number of aromatic nitrogens is 1. The molecule has 0 spiro atoms. The third-order valence-corrected chi connectivity index (χ3v) is 3.86. The smallest absolute Gasteiger partial charge is 0.339 e. The molecule has 21 heavy (non-hydrogen) atoms. The first-order valence-electron chi connectivity index (χ1n) is 5.90. The maximum atomic E-state index is 11.9. The summed E-state index contributed by atoms with van der Waals surface area (Å²) in [6, 6.07) is 10.6. The Morgan fingerprint density at radius 2 is 2.00 bits per heavy atom. The van der Waals surface area contributed by atoms with E-state index in [1.807, 2.05) is 18.2 Å². The van der Waals surface area contributed by atoms with E-state index in [2.05, 4.69) is 20.9 Å². The number of nitrogens with zero attached hydrogens (tertiary/aromatic N) is 1. The topological polar surface area (TPSA) is 82.3 Å². The molecule has 1 aromatic carbocycles. The number of rotatable bonds is 5. The first kappa shape index (κ1) is 15.5. The Hall–Kier alpha value is -1.86. The van der Waals surface area contributed by atoms with Gasteiger partial charge in [-0.25, -0.2) is 9.78 Å². The number of halogens is 1. The molecule has 1 heterocycles. The van der Waals surface area contributed by atoms with Crippen LogP contribution >= 0.6 is 27.7 Å². The summed E-state index contributed by atoms with van der Waals surface area (Å²) in [5.41, 5.74) is 5.33. The van der Waals surface area contributed by atoms with Crippen molar-refractivity contribution < 1.29 is 14.3 Å². The second-order valence-electron chi connectivity index (χ2n) is 3.96. The van der Waals surface area contributed by atoms with Gasteiger partial charge in [0, 0.05) is 15.6 Å². The highest BCUT2D eigenvalue weighted by molar-refractivity contribution is 9.10. The minimum Gasteiger partial charge on any atom is -0.452 e. The van der Waals surface area contributed by atoms with Gasteiger partial charge in [-0.15, -0.1) is 0 Å². The zero-order chi connectivity index (χ0) is 15.2. The van der Waals surface area contributed by atoms with E-state index < -0.39 is 18.5 Å². The number of pyridine rings is 1. The highest BCUT2D eigenvalue weighted by Gasteiger charge is 2.14. The zero-order valence-electron chi connectivity index (χ0n) is 10.8. The lowest BCUT2D eigenvalue weighted by atomic mass is 10.2. The third-order valence-electron chi connectivity index (χ3n) is 2.37. The van der Waals surface area contributed by atoms with Gasteiger partial charge in [0.15, 0.2) is 6.61 Å². The molecule has 0 unspecified atom stereocenters. The summed E-state index contributed by atoms with van der Waals surface area (Å²) in [4.78, 5) is 27.5.